The van der Waals surface area contributed by atoms with Crippen molar-refractivity contribution < 1.29 is 22.4 Å². The molecule has 0 amide bonds. The van der Waals surface area contributed by atoms with E-state index in [-0.39, 0.29) is 22.4 Å². The molecular weight excluding hydrogens is 484 g/mol. The van der Waals surface area contributed by atoms with Gasteiger partial charge in [-0.25, -0.2) is 8.42 Å². The molecule has 1 N–H and O–H groups in total. The first kappa shape index (κ1) is 24.7. The summed E-state index contributed by atoms with van der Waals surface area (Å²) in [7, 11) is -3.02. The fourth-order valence-corrected chi connectivity index (χ4v) is 5.75. The fraction of sp³-hybridized carbons (Fsp3) is 0.154. The highest BCUT2D eigenvalue weighted by Gasteiger charge is 2.32. The summed E-state index contributed by atoms with van der Waals surface area (Å²) in [4.78, 5) is 16.8. The number of oxazole rings is 1. The van der Waals surface area contributed by atoms with E-state index in [0.29, 0.717) is 16.9 Å². The zero-order valence-electron chi connectivity index (χ0n) is 19.0. The van der Waals surface area contributed by atoms with Gasteiger partial charge in [0.15, 0.2) is 5.76 Å². The van der Waals surface area contributed by atoms with Crippen molar-refractivity contribution in [3.05, 3.63) is 96.6 Å². The van der Waals surface area contributed by atoms with Crippen molar-refractivity contribution in [2.24, 2.45) is 0 Å². The van der Waals surface area contributed by atoms with Crippen LogP contribution in [0, 0.1) is 0 Å². The molecule has 1 heterocycles. The van der Waals surface area contributed by atoms with Crippen LogP contribution in [0.3, 0.4) is 0 Å². The van der Waals surface area contributed by atoms with Crippen molar-refractivity contribution in [2.45, 2.75) is 16.8 Å². The number of ether oxygens (including phenoxy) is 1. The normalized spacial score (nSPS) is 12.3. The average molecular weight is 509 g/mol. The molecule has 9 heteroatoms. The molecule has 3 aromatic carbocycles. The molecule has 1 aromatic heterocycles. The Kier molecular flexibility index (Phi) is 8.02. The van der Waals surface area contributed by atoms with Crippen LogP contribution in [0.5, 0.6) is 0 Å². The Bertz CT molecular complexity index is 1360. The molecular formula is C26H24N2O5S2. The molecule has 180 valence electrons. The van der Waals surface area contributed by atoms with Crippen LogP contribution in [-0.2, 0) is 25.3 Å². The van der Waals surface area contributed by atoms with Crippen LogP contribution < -0.4 is 4.72 Å². The maximum absolute atomic E-state index is 13.5. The summed E-state index contributed by atoms with van der Waals surface area (Å²) >= 11 is 1.43. The third kappa shape index (κ3) is 6.19. The zero-order chi connectivity index (χ0) is 24.7. The van der Waals surface area contributed by atoms with E-state index < -0.39 is 22.0 Å². The molecule has 0 saturated heterocycles. The topological polar surface area (TPSA) is 98.5 Å². The van der Waals surface area contributed by atoms with Gasteiger partial charge in [-0.2, -0.15) is 21.5 Å². The molecule has 0 saturated carbocycles. The van der Waals surface area contributed by atoms with Gasteiger partial charge in [0.05, 0.1) is 7.11 Å². The SMILES string of the molecule is COC(=O)[C@H](CSCc1ccccc1)NS(=O)(=O)c1nc(-c2ccccc2)oc1-c1ccccc1. The molecule has 0 spiro atoms. The number of nitrogens with one attached hydrogen (secondary N) is 1. The Balaban J connectivity index is 1.63. The Hall–Kier alpha value is -3.40. The fourth-order valence-electron chi connectivity index (χ4n) is 3.37. The third-order valence-corrected chi connectivity index (χ3v) is 7.57. The number of carbonyl (C=O) groups excluding carboxylic acids is 1. The van der Waals surface area contributed by atoms with Crippen LogP contribution in [0.4, 0.5) is 0 Å². The predicted octanol–water partition coefficient (Wildman–Crippen LogP) is 4.76. The van der Waals surface area contributed by atoms with Gasteiger partial charge in [-0.15, -0.1) is 0 Å². The number of methoxy groups -OCH3 is 1. The van der Waals surface area contributed by atoms with Crippen LogP contribution in [0.2, 0.25) is 0 Å². The van der Waals surface area contributed by atoms with Gasteiger partial charge in [0, 0.05) is 22.6 Å². The van der Waals surface area contributed by atoms with Crippen LogP contribution in [0.25, 0.3) is 22.8 Å². The van der Waals surface area contributed by atoms with E-state index in [4.69, 9.17) is 9.15 Å². The molecule has 0 aliphatic heterocycles. The number of thioether (sulfide) groups is 1. The van der Waals surface area contributed by atoms with E-state index in [1.165, 1.54) is 18.9 Å². The first-order chi connectivity index (χ1) is 17.0. The monoisotopic (exact) mass is 508 g/mol. The van der Waals surface area contributed by atoms with Crippen molar-refractivity contribution >= 4 is 27.8 Å². The molecule has 4 aromatic rings. The minimum absolute atomic E-state index is 0.0949. The highest BCUT2D eigenvalue weighted by molar-refractivity contribution is 7.98. The Morgan fingerprint density at radius 3 is 2.11 bits per heavy atom. The average Bonchev–Trinajstić information content (AvgIpc) is 3.36. The van der Waals surface area contributed by atoms with Crippen molar-refractivity contribution in [3.63, 3.8) is 0 Å². The van der Waals surface area contributed by atoms with Crippen LogP contribution in [0.1, 0.15) is 5.56 Å². The van der Waals surface area contributed by atoms with Crippen LogP contribution in [0.15, 0.2) is 100 Å². The van der Waals surface area contributed by atoms with Gasteiger partial charge in [0.25, 0.3) is 10.0 Å². The number of nitrogens with zero attached hydrogens (tertiary/aromatic N) is 1. The highest BCUT2D eigenvalue weighted by Crippen LogP contribution is 2.32. The van der Waals surface area contributed by atoms with Crippen molar-refractivity contribution in [2.75, 3.05) is 12.9 Å². The number of esters is 1. The number of carbonyl (C=O) groups is 1. The molecule has 0 aliphatic carbocycles. The first-order valence-electron chi connectivity index (χ1n) is 10.8. The third-order valence-electron chi connectivity index (χ3n) is 5.09. The summed E-state index contributed by atoms with van der Waals surface area (Å²) in [6.07, 6.45) is 0. The first-order valence-corrected chi connectivity index (χ1v) is 13.4. The number of sulfonamides is 1. The number of hydrogen-bond acceptors (Lipinski definition) is 7. The summed E-state index contributed by atoms with van der Waals surface area (Å²) < 4.78 is 40.2. The van der Waals surface area contributed by atoms with Gasteiger partial charge < -0.3 is 9.15 Å². The lowest BCUT2D eigenvalue weighted by atomic mass is 10.2. The molecule has 35 heavy (non-hydrogen) atoms. The number of rotatable bonds is 10. The summed E-state index contributed by atoms with van der Waals surface area (Å²) in [5, 5.41) is -0.287. The smallest absolute Gasteiger partial charge is 0.324 e. The quantitative estimate of drug-likeness (QED) is 0.308. The number of benzene rings is 3. The van der Waals surface area contributed by atoms with E-state index in [0.717, 1.165) is 5.56 Å². The largest absolute Gasteiger partial charge is 0.468 e. The predicted molar refractivity (Wildman–Crippen MR) is 136 cm³/mol. The minimum atomic E-state index is -4.24. The second kappa shape index (κ2) is 11.4. The molecule has 7 nitrogen and oxygen atoms in total. The lowest BCUT2D eigenvalue weighted by Gasteiger charge is -2.16. The van der Waals surface area contributed by atoms with Gasteiger partial charge in [-0.1, -0.05) is 78.9 Å². The van der Waals surface area contributed by atoms with E-state index in [1.54, 1.807) is 36.4 Å². The highest BCUT2D eigenvalue weighted by atomic mass is 32.2. The summed E-state index contributed by atoms with van der Waals surface area (Å²) in [6.45, 7) is 0. The Morgan fingerprint density at radius 2 is 1.51 bits per heavy atom. The van der Waals surface area contributed by atoms with E-state index >= 15 is 0 Å². The van der Waals surface area contributed by atoms with Gasteiger partial charge >= 0.3 is 5.97 Å². The second-order valence-corrected chi connectivity index (χ2v) is 10.2. The Morgan fingerprint density at radius 1 is 0.943 bits per heavy atom. The maximum atomic E-state index is 13.5. The molecule has 4 rings (SSSR count). The zero-order valence-corrected chi connectivity index (χ0v) is 20.6. The standard InChI is InChI=1S/C26H24N2O5S2/c1-32-26(29)22(18-34-17-19-11-5-2-6-12-19)28-35(30,31)25-23(20-13-7-3-8-14-20)33-24(27-25)21-15-9-4-10-16-21/h2-16,22,28H,17-18H2,1H3/t22-/m0/s1. The summed E-state index contributed by atoms with van der Waals surface area (Å²) in [5.74, 6) is 0.385. The molecule has 0 fully saturated rings. The number of aromatic nitrogens is 1. The lowest BCUT2D eigenvalue weighted by molar-refractivity contribution is -0.141. The molecule has 1 atom stereocenters. The molecule has 0 bridgehead atoms. The molecule has 0 radical (unpaired) electrons. The van der Waals surface area contributed by atoms with E-state index in [2.05, 4.69) is 9.71 Å². The van der Waals surface area contributed by atoms with Gasteiger partial charge in [0.1, 0.15) is 6.04 Å². The van der Waals surface area contributed by atoms with Crippen molar-refractivity contribution in [3.8, 4) is 22.8 Å². The van der Waals surface area contributed by atoms with Gasteiger partial charge in [-0.3, -0.25) is 4.79 Å². The van der Waals surface area contributed by atoms with E-state index in [9.17, 15) is 13.2 Å². The Labute approximate surface area is 208 Å². The molecule has 0 aliphatic rings. The lowest BCUT2D eigenvalue weighted by Crippen LogP contribution is -2.43. The summed E-state index contributed by atoms with van der Waals surface area (Å²) in [5.41, 5.74) is 2.25. The second-order valence-electron chi connectivity index (χ2n) is 7.58. The van der Waals surface area contributed by atoms with E-state index in [1.807, 2.05) is 54.6 Å². The van der Waals surface area contributed by atoms with Gasteiger partial charge in [0.2, 0.25) is 10.9 Å². The van der Waals surface area contributed by atoms with Gasteiger partial charge in [-0.05, 0) is 17.7 Å². The van der Waals surface area contributed by atoms with Crippen molar-refractivity contribution in [1.82, 2.24) is 9.71 Å². The van der Waals surface area contributed by atoms with Crippen molar-refractivity contribution in [1.29, 1.82) is 0 Å². The summed E-state index contributed by atoms with van der Waals surface area (Å²) in [6, 6.07) is 26.5. The molecule has 0 unspecified atom stereocenters. The number of hydrogen-bond donors (Lipinski definition) is 1. The maximum Gasteiger partial charge on any atom is 0.324 e. The minimum Gasteiger partial charge on any atom is -0.468 e. The van der Waals surface area contributed by atoms with Crippen LogP contribution >= 0.6 is 11.8 Å². The van der Waals surface area contributed by atoms with Crippen LogP contribution in [-0.4, -0.2) is 38.3 Å².